The third-order valence-corrected chi connectivity index (χ3v) is 2.18. The smallest absolute Gasteiger partial charge is 0.0666 e. The van der Waals surface area contributed by atoms with Crippen molar-refractivity contribution < 1.29 is 0 Å². The van der Waals surface area contributed by atoms with Crippen molar-refractivity contribution in [2.45, 2.75) is 20.4 Å². The first-order chi connectivity index (χ1) is 7.11. The lowest BCUT2D eigenvalue weighted by atomic mass is 10.2. The molecule has 15 heavy (non-hydrogen) atoms. The standard InChI is InChI=1S/C12H17N3/c1-10(7-13)8-15(3)9-12-6-4-5-11(2)14-12/h4-6,10H,8-9H2,1-3H3. The zero-order valence-corrected chi connectivity index (χ0v) is 9.57. The van der Waals surface area contributed by atoms with Crippen molar-refractivity contribution in [2.24, 2.45) is 5.92 Å². The fraction of sp³-hybridized carbons (Fsp3) is 0.500. The molecule has 1 aromatic rings. The number of nitriles is 1. The van der Waals surface area contributed by atoms with Crippen LogP contribution in [0.4, 0.5) is 0 Å². The van der Waals surface area contributed by atoms with E-state index in [1.165, 1.54) is 0 Å². The summed E-state index contributed by atoms with van der Waals surface area (Å²) < 4.78 is 0. The quantitative estimate of drug-likeness (QED) is 0.751. The van der Waals surface area contributed by atoms with Gasteiger partial charge in [0.25, 0.3) is 0 Å². The summed E-state index contributed by atoms with van der Waals surface area (Å²) in [6, 6.07) is 8.25. The maximum Gasteiger partial charge on any atom is 0.0666 e. The van der Waals surface area contributed by atoms with Crippen molar-refractivity contribution in [1.82, 2.24) is 9.88 Å². The summed E-state index contributed by atoms with van der Waals surface area (Å²) in [6.07, 6.45) is 0. The molecular weight excluding hydrogens is 186 g/mol. The lowest BCUT2D eigenvalue weighted by Gasteiger charge is -2.17. The molecule has 0 saturated heterocycles. The zero-order chi connectivity index (χ0) is 11.3. The zero-order valence-electron chi connectivity index (χ0n) is 9.57. The number of nitrogens with zero attached hydrogens (tertiary/aromatic N) is 3. The summed E-state index contributed by atoms with van der Waals surface area (Å²) in [5.74, 6) is 0.0693. The van der Waals surface area contributed by atoms with Crippen molar-refractivity contribution >= 4 is 0 Å². The van der Waals surface area contributed by atoms with E-state index >= 15 is 0 Å². The fourth-order valence-electron chi connectivity index (χ4n) is 1.54. The topological polar surface area (TPSA) is 39.9 Å². The van der Waals surface area contributed by atoms with Gasteiger partial charge in [-0.25, -0.2) is 0 Å². The Hall–Kier alpha value is -1.40. The Morgan fingerprint density at radius 1 is 1.53 bits per heavy atom. The van der Waals surface area contributed by atoms with Crippen LogP contribution in [0, 0.1) is 24.2 Å². The number of pyridine rings is 1. The molecule has 0 radical (unpaired) electrons. The number of aryl methyl sites for hydroxylation is 1. The van der Waals surface area contributed by atoms with Crippen LogP contribution in [0.1, 0.15) is 18.3 Å². The molecule has 0 aromatic carbocycles. The number of aromatic nitrogens is 1. The van der Waals surface area contributed by atoms with Crippen LogP contribution >= 0.6 is 0 Å². The van der Waals surface area contributed by atoms with E-state index in [1.54, 1.807) is 0 Å². The number of rotatable bonds is 4. The molecule has 0 fully saturated rings. The van der Waals surface area contributed by atoms with E-state index in [-0.39, 0.29) is 5.92 Å². The first kappa shape index (κ1) is 11.7. The highest BCUT2D eigenvalue weighted by Crippen LogP contribution is 2.04. The normalized spacial score (nSPS) is 12.5. The Morgan fingerprint density at radius 3 is 2.87 bits per heavy atom. The first-order valence-corrected chi connectivity index (χ1v) is 5.12. The summed E-state index contributed by atoms with van der Waals surface area (Å²) in [4.78, 5) is 6.54. The Bertz CT molecular complexity index is 354. The lowest BCUT2D eigenvalue weighted by Crippen LogP contribution is -2.23. The summed E-state index contributed by atoms with van der Waals surface area (Å²) in [7, 11) is 2.01. The van der Waals surface area contributed by atoms with Crippen molar-refractivity contribution in [1.29, 1.82) is 5.26 Å². The third kappa shape index (κ3) is 4.09. The molecule has 0 amide bonds. The Labute approximate surface area is 91.4 Å². The van der Waals surface area contributed by atoms with Crippen molar-refractivity contribution in [3.8, 4) is 6.07 Å². The molecule has 0 aliphatic carbocycles. The van der Waals surface area contributed by atoms with Gasteiger partial charge in [-0.3, -0.25) is 9.88 Å². The van der Waals surface area contributed by atoms with E-state index in [0.717, 1.165) is 24.5 Å². The largest absolute Gasteiger partial charge is 0.299 e. The van der Waals surface area contributed by atoms with Crippen molar-refractivity contribution in [3.63, 3.8) is 0 Å². The highest BCUT2D eigenvalue weighted by Gasteiger charge is 2.06. The highest BCUT2D eigenvalue weighted by atomic mass is 15.1. The van der Waals surface area contributed by atoms with E-state index in [0.29, 0.717) is 0 Å². The SMILES string of the molecule is Cc1cccc(CN(C)CC(C)C#N)n1. The van der Waals surface area contributed by atoms with Gasteiger partial charge in [-0.05, 0) is 33.0 Å². The lowest BCUT2D eigenvalue weighted by molar-refractivity contribution is 0.299. The van der Waals surface area contributed by atoms with Crippen LogP contribution in [-0.2, 0) is 6.54 Å². The Balaban J connectivity index is 2.52. The minimum absolute atomic E-state index is 0.0693. The van der Waals surface area contributed by atoms with Gasteiger partial charge in [0.15, 0.2) is 0 Å². The van der Waals surface area contributed by atoms with Crippen LogP contribution in [0.5, 0.6) is 0 Å². The summed E-state index contributed by atoms with van der Waals surface area (Å²) >= 11 is 0. The third-order valence-electron chi connectivity index (χ3n) is 2.18. The first-order valence-electron chi connectivity index (χ1n) is 5.12. The highest BCUT2D eigenvalue weighted by molar-refractivity contribution is 5.09. The molecule has 1 aromatic heterocycles. The van der Waals surface area contributed by atoms with E-state index < -0.39 is 0 Å². The maximum absolute atomic E-state index is 8.70. The van der Waals surface area contributed by atoms with Crippen LogP contribution in [-0.4, -0.2) is 23.5 Å². The van der Waals surface area contributed by atoms with E-state index in [2.05, 4.69) is 16.0 Å². The second-order valence-electron chi connectivity index (χ2n) is 4.00. The predicted molar refractivity (Wildman–Crippen MR) is 60.1 cm³/mol. The minimum atomic E-state index is 0.0693. The average Bonchev–Trinajstić information content (AvgIpc) is 2.17. The monoisotopic (exact) mass is 203 g/mol. The summed E-state index contributed by atoms with van der Waals surface area (Å²) in [6.45, 7) is 5.50. The van der Waals surface area contributed by atoms with Gasteiger partial charge in [-0.1, -0.05) is 6.07 Å². The molecule has 0 N–H and O–H groups in total. The van der Waals surface area contributed by atoms with Crippen molar-refractivity contribution in [3.05, 3.63) is 29.6 Å². The molecule has 1 rings (SSSR count). The molecule has 3 heteroatoms. The summed E-state index contributed by atoms with van der Waals surface area (Å²) in [5.41, 5.74) is 2.09. The van der Waals surface area contributed by atoms with Gasteiger partial charge in [-0.15, -0.1) is 0 Å². The van der Waals surface area contributed by atoms with Crippen LogP contribution in [0.3, 0.4) is 0 Å². The van der Waals surface area contributed by atoms with E-state index in [4.69, 9.17) is 5.26 Å². The van der Waals surface area contributed by atoms with Gasteiger partial charge in [0, 0.05) is 18.8 Å². The van der Waals surface area contributed by atoms with Gasteiger partial charge in [0.2, 0.25) is 0 Å². The number of hydrogen-bond donors (Lipinski definition) is 0. The fourth-order valence-corrected chi connectivity index (χ4v) is 1.54. The van der Waals surface area contributed by atoms with Gasteiger partial charge in [0.1, 0.15) is 0 Å². The molecule has 1 atom stereocenters. The molecule has 0 saturated carbocycles. The minimum Gasteiger partial charge on any atom is -0.299 e. The second kappa shape index (κ2) is 5.47. The molecule has 80 valence electrons. The second-order valence-corrected chi connectivity index (χ2v) is 4.00. The number of hydrogen-bond acceptors (Lipinski definition) is 3. The van der Waals surface area contributed by atoms with Crippen LogP contribution in [0.2, 0.25) is 0 Å². The molecule has 0 aliphatic rings. The van der Waals surface area contributed by atoms with E-state index in [9.17, 15) is 0 Å². The Morgan fingerprint density at radius 2 is 2.27 bits per heavy atom. The molecule has 0 bridgehead atoms. The van der Waals surface area contributed by atoms with Crippen LogP contribution in [0.25, 0.3) is 0 Å². The van der Waals surface area contributed by atoms with E-state index in [1.807, 2.05) is 39.1 Å². The molecule has 1 unspecified atom stereocenters. The predicted octanol–water partition coefficient (Wildman–Crippen LogP) is 1.98. The maximum atomic E-state index is 8.70. The molecule has 1 heterocycles. The van der Waals surface area contributed by atoms with Gasteiger partial charge >= 0.3 is 0 Å². The van der Waals surface area contributed by atoms with Gasteiger partial charge < -0.3 is 0 Å². The van der Waals surface area contributed by atoms with Gasteiger partial charge in [0.05, 0.1) is 17.7 Å². The molecular formula is C12H17N3. The molecule has 0 spiro atoms. The average molecular weight is 203 g/mol. The van der Waals surface area contributed by atoms with Crippen molar-refractivity contribution in [2.75, 3.05) is 13.6 Å². The van der Waals surface area contributed by atoms with Crippen LogP contribution < -0.4 is 0 Å². The van der Waals surface area contributed by atoms with Gasteiger partial charge in [-0.2, -0.15) is 5.26 Å². The van der Waals surface area contributed by atoms with Crippen LogP contribution in [0.15, 0.2) is 18.2 Å². The molecule has 0 aliphatic heterocycles. The Kier molecular flexibility index (Phi) is 4.26. The summed E-state index contributed by atoms with van der Waals surface area (Å²) in [5, 5.41) is 8.70. The molecule has 3 nitrogen and oxygen atoms in total.